The van der Waals surface area contributed by atoms with Crippen LogP contribution in [0, 0.1) is 10.1 Å². The van der Waals surface area contributed by atoms with E-state index in [-0.39, 0.29) is 5.69 Å². The van der Waals surface area contributed by atoms with Gasteiger partial charge < -0.3 is 14.2 Å². The third-order valence-corrected chi connectivity index (χ3v) is 2.40. The van der Waals surface area contributed by atoms with Crippen LogP contribution in [-0.4, -0.2) is 32.5 Å². The van der Waals surface area contributed by atoms with Crippen LogP contribution in [0.25, 0.3) is 0 Å². The highest BCUT2D eigenvalue weighted by atomic mass is 16.7. The van der Waals surface area contributed by atoms with E-state index in [1.54, 1.807) is 12.1 Å². The zero-order valence-corrected chi connectivity index (χ0v) is 10.0. The lowest BCUT2D eigenvalue weighted by Crippen LogP contribution is -2.16. The molecule has 0 aliphatic rings. The van der Waals surface area contributed by atoms with Crippen LogP contribution < -0.4 is 4.74 Å². The van der Waals surface area contributed by atoms with Crippen LogP contribution in [-0.2, 0) is 15.9 Å². The molecule has 0 aliphatic carbocycles. The van der Waals surface area contributed by atoms with E-state index in [1.165, 1.54) is 27.4 Å². The van der Waals surface area contributed by atoms with Gasteiger partial charge in [0.05, 0.1) is 18.1 Å². The van der Waals surface area contributed by atoms with E-state index in [0.29, 0.717) is 17.7 Å². The van der Waals surface area contributed by atoms with Gasteiger partial charge in [-0.25, -0.2) is 0 Å². The lowest BCUT2D eigenvalue weighted by Gasteiger charge is -2.13. The molecule has 6 heteroatoms. The van der Waals surface area contributed by atoms with Gasteiger partial charge in [0.15, 0.2) is 6.29 Å². The molecule has 0 aromatic heterocycles. The third kappa shape index (κ3) is 3.40. The van der Waals surface area contributed by atoms with Crippen LogP contribution in [0.5, 0.6) is 5.75 Å². The molecule has 17 heavy (non-hydrogen) atoms. The van der Waals surface area contributed by atoms with Gasteiger partial charge in [-0.05, 0) is 12.1 Å². The van der Waals surface area contributed by atoms with Crippen LogP contribution in [0.2, 0.25) is 0 Å². The second-order valence-electron chi connectivity index (χ2n) is 3.36. The number of nitrogens with zero attached hydrogens (tertiary/aromatic N) is 1. The van der Waals surface area contributed by atoms with Crippen LogP contribution in [0.3, 0.4) is 0 Å². The number of nitro benzene ring substituents is 1. The first-order valence-corrected chi connectivity index (χ1v) is 4.99. The number of hydrogen-bond donors (Lipinski definition) is 0. The summed E-state index contributed by atoms with van der Waals surface area (Å²) in [5.74, 6) is 0.451. The minimum atomic E-state index is -0.498. The fraction of sp³-hybridized carbons (Fsp3) is 0.455. The van der Waals surface area contributed by atoms with Crippen LogP contribution in [0.15, 0.2) is 18.2 Å². The molecule has 6 nitrogen and oxygen atoms in total. The molecule has 0 N–H and O–H groups in total. The van der Waals surface area contributed by atoms with E-state index in [0.717, 1.165) is 0 Å². The fourth-order valence-corrected chi connectivity index (χ4v) is 1.46. The van der Waals surface area contributed by atoms with Crippen molar-refractivity contribution in [2.75, 3.05) is 21.3 Å². The predicted octanol–water partition coefficient (Wildman–Crippen LogP) is 1.76. The largest absolute Gasteiger partial charge is 0.497 e. The Kier molecular flexibility index (Phi) is 4.86. The Morgan fingerprint density at radius 1 is 1.29 bits per heavy atom. The summed E-state index contributed by atoms with van der Waals surface area (Å²) in [5, 5.41) is 10.9. The molecule has 0 fully saturated rings. The van der Waals surface area contributed by atoms with Crippen molar-refractivity contribution in [1.29, 1.82) is 0 Å². The summed E-state index contributed by atoms with van der Waals surface area (Å²) in [5.41, 5.74) is 0.549. The zero-order valence-electron chi connectivity index (χ0n) is 10.0. The molecule has 0 saturated heterocycles. The normalized spacial score (nSPS) is 10.6. The Morgan fingerprint density at radius 3 is 2.41 bits per heavy atom. The number of ether oxygens (including phenoxy) is 3. The molecule has 1 aromatic carbocycles. The van der Waals surface area contributed by atoms with Gasteiger partial charge in [0, 0.05) is 26.2 Å². The first kappa shape index (κ1) is 13.4. The topological polar surface area (TPSA) is 70.8 Å². The second-order valence-corrected chi connectivity index (χ2v) is 3.36. The van der Waals surface area contributed by atoms with E-state index in [9.17, 15) is 10.1 Å². The lowest BCUT2D eigenvalue weighted by atomic mass is 10.1. The molecule has 1 aromatic rings. The Hall–Kier alpha value is -1.66. The molecular weight excluding hydrogens is 226 g/mol. The smallest absolute Gasteiger partial charge is 0.276 e. The number of benzene rings is 1. The highest BCUT2D eigenvalue weighted by molar-refractivity contribution is 5.46. The van der Waals surface area contributed by atoms with Gasteiger partial charge >= 0.3 is 0 Å². The molecule has 94 valence electrons. The van der Waals surface area contributed by atoms with Gasteiger partial charge in [0.1, 0.15) is 5.75 Å². The molecule has 0 unspecified atom stereocenters. The summed E-state index contributed by atoms with van der Waals surface area (Å²) in [7, 11) is 4.44. The minimum absolute atomic E-state index is 0.00319. The van der Waals surface area contributed by atoms with Crippen LogP contribution >= 0.6 is 0 Å². The van der Waals surface area contributed by atoms with Crippen molar-refractivity contribution in [3.8, 4) is 5.75 Å². The SMILES string of the molecule is COc1ccc(CC(OC)OC)c([N+](=O)[O-])c1. The molecule has 0 radical (unpaired) electrons. The fourth-order valence-electron chi connectivity index (χ4n) is 1.46. The van der Waals surface area contributed by atoms with Crippen LogP contribution in [0.4, 0.5) is 5.69 Å². The maximum atomic E-state index is 10.9. The quantitative estimate of drug-likeness (QED) is 0.431. The number of methoxy groups -OCH3 is 3. The Labute approximate surface area is 99.2 Å². The summed E-state index contributed by atoms with van der Waals surface area (Å²) in [6, 6.07) is 4.70. The summed E-state index contributed by atoms with van der Waals surface area (Å²) < 4.78 is 15.0. The minimum Gasteiger partial charge on any atom is -0.497 e. The molecule has 1 rings (SSSR count). The maximum absolute atomic E-state index is 10.9. The maximum Gasteiger partial charge on any atom is 0.276 e. The molecule has 0 aliphatic heterocycles. The van der Waals surface area contributed by atoms with Crippen molar-refractivity contribution < 1.29 is 19.1 Å². The molecule has 0 atom stereocenters. The Bertz CT molecular complexity index is 389. The third-order valence-electron chi connectivity index (χ3n) is 2.40. The number of hydrogen-bond acceptors (Lipinski definition) is 5. The van der Waals surface area contributed by atoms with Gasteiger partial charge in [-0.1, -0.05) is 0 Å². The molecule has 0 bridgehead atoms. The standard InChI is InChI=1S/C11H15NO5/c1-15-9-5-4-8(6-11(16-2)17-3)10(7-9)12(13)14/h4-5,7,11H,6H2,1-3H3. The second kappa shape index (κ2) is 6.17. The molecule has 0 heterocycles. The zero-order chi connectivity index (χ0) is 12.8. The Morgan fingerprint density at radius 2 is 1.94 bits per heavy atom. The van der Waals surface area contributed by atoms with Crippen LogP contribution in [0.1, 0.15) is 5.56 Å². The molecule has 0 saturated carbocycles. The lowest BCUT2D eigenvalue weighted by molar-refractivity contribution is -0.385. The first-order chi connectivity index (χ1) is 8.12. The van der Waals surface area contributed by atoms with Crippen molar-refractivity contribution in [3.63, 3.8) is 0 Å². The van der Waals surface area contributed by atoms with Gasteiger partial charge in [0.25, 0.3) is 5.69 Å². The highest BCUT2D eigenvalue weighted by Crippen LogP contribution is 2.26. The van der Waals surface area contributed by atoms with E-state index in [2.05, 4.69) is 0 Å². The van der Waals surface area contributed by atoms with Gasteiger partial charge in [-0.3, -0.25) is 10.1 Å². The van der Waals surface area contributed by atoms with Gasteiger partial charge in [0.2, 0.25) is 0 Å². The van der Waals surface area contributed by atoms with E-state index >= 15 is 0 Å². The predicted molar refractivity (Wildman–Crippen MR) is 61.2 cm³/mol. The first-order valence-electron chi connectivity index (χ1n) is 4.99. The molecular formula is C11H15NO5. The monoisotopic (exact) mass is 241 g/mol. The molecule has 0 spiro atoms. The summed E-state index contributed by atoms with van der Waals surface area (Å²) >= 11 is 0. The number of rotatable bonds is 6. The Balaban J connectivity index is 3.01. The average molecular weight is 241 g/mol. The van der Waals surface area contributed by atoms with Crippen molar-refractivity contribution >= 4 is 5.69 Å². The van der Waals surface area contributed by atoms with Crippen molar-refractivity contribution in [3.05, 3.63) is 33.9 Å². The summed E-state index contributed by atoms with van der Waals surface area (Å²) in [4.78, 5) is 10.5. The number of nitro groups is 1. The molecule has 0 amide bonds. The van der Waals surface area contributed by atoms with Crippen molar-refractivity contribution in [2.45, 2.75) is 12.7 Å². The highest BCUT2D eigenvalue weighted by Gasteiger charge is 2.18. The average Bonchev–Trinajstić information content (AvgIpc) is 2.35. The van der Waals surface area contributed by atoms with Gasteiger partial charge in [-0.2, -0.15) is 0 Å². The van der Waals surface area contributed by atoms with Crippen molar-refractivity contribution in [2.24, 2.45) is 0 Å². The van der Waals surface area contributed by atoms with E-state index < -0.39 is 11.2 Å². The van der Waals surface area contributed by atoms with E-state index in [1.807, 2.05) is 0 Å². The summed E-state index contributed by atoms with van der Waals surface area (Å²) in [6.07, 6.45) is -0.185. The van der Waals surface area contributed by atoms with Crippen molar-refractivity contribution in [1.82, 2.24) is 0 Å². The van der Waals surface area contributed by atoms with E-state index in [4.69, 9.17) is 14.2 Å². The summed E-state index contributed by atoms with van der Waals surface area (Å²) in [6.45, 7) is 0. The van der Waals surface area contributed by atoms with Gasteiger partial charge in [-0.15, -0.1) is 0 Å².